The number of urea groups is 1. The van der Waals surface area contributed by atoms with Gasteiger partial charge in [0, 0.05) is 21.7 Å². The second kappa shape index (κ2) is 7.48. The van der Waals surface area contributed by atoms with Gasteiger partial charge in [-0.3, -0.25) is 4.90 Å². The molecular weight excluding hydrogens is 392 g/mol. The lowest BCUT2D eigenvalue weighted by atomic mass is 9.65. The van der Waals surface area contributed by atoms with Crippen molar-refractivity contribution in [3.05, 3.63) is 94.5 Å². The quantitative estimate of drug-likeness (QED) is 0.469. The smallest absolute Gasteiger partial charge is 0.307 e. The zero-order chi connectivity index (χ0) is 21.5. The van der Waals surface area contributed by atoms with Gasteiger partial charge in [0.1, 0.15) is 0 Å². The first-order valence-electron chi connectivity index (χ1n) is 10.2. The van der Waals surface area contributed by atoms with E-state index in [9.17, 15) is 4.79 Å². The number of carbonyl (C=O) groups is 1. The highest BCUT2D eigenvalue weighted by Gasteiger charge is 2.47. The van der Waals surface area contributed by atoms with Gasteiger partial charge in [-0.15, -0.1) is 0 Å². The van der Waals surface area contributed by atoms with Crippen LogP contribution in [0, 0.1) is 6.92 Å². The van der Waals surface area contributed by atoms with Crippen LogP contribution in [0.5, 0.6) is 0 Å². The largest absolute Gasteiger partial charge is 0.326 e. The Hall–Kier alpha value is -2.78. The highest BCUT2D eigenvalue weighted by molar-refractivity contribution is 6.30. The maximum absolute atomic E-state index is 13.5. The van der Waals surface area contributed by atoms with Crippen LogP contribution in [0.25, 0.3) is 0 Å². The summed E-state index contributed by atoms with van der Waals surface area (Å²) < 4.78 is 0. The van der Waals surface area contributed by atoms with Crippen molar-refractivity contribution in [1.82, 2.24) is 0 Å². The summed E-state index contributed by atoms with van der Waals surface area (Å²) in [6.07, 6.45) is 0.809. The van der Waals surface area contributed by atoms with Gasteiger partial charge >= 0.3 is 6.03 Å². The lowest BCUT2D eigenvalue weighted by Gasteiger charge is -2.51. The molecule has 1 heterocycles. The minimum absolute atomic E-state index is 0.150. The van der Waals surface area contributed by atoms with Gasteiger partial charge in [0.2, 0.25) is 0 Å². The van der Waals surface area contributed by atoms with E-state index in [0.717, 1.165) is 12.1 Å². The zero-order valence-corrected chi connectivity index (χ0v) is 18.6. The molecular formula is C26H27ClN2O. The van der Waals surface area contributed by atoms with Gasteiger partial charge < -0.3 is 5.32 Å². The number of hydrogen-bond donors (Lipinski definition) is 1. The van der Waals surface area contributed by atoms with E-state index in [0.29, 0.717) is 10.7 Å². The first-order chi connectivity index (χ1) is 14.2. The molecule has 3 aromatic rings. The standard InChI is InChI=1S/C26H27ClN2O/c1-18-13-14-23-22(15-18)26(4,19-9-6-5-7-10-19)17-25(2,3)29(23)24(30)28-21-12-8-11-20(27)16-21/h5-16H,17H2,1-4H3,(H,28,30)/t26-/m1/s1. The van der Waals surface area contributed by atoms with Crippen molar-refractivity contribution in [2.75, 3.05) is 10.2 Å². The fourth-order valence-corrected chi connectivity index (χ4v) is 5.04. The normalized spacial score (nSPS) is 19.8. The number of benzene rings is 3. The number of aryl methyl sites for hydroxylation is 1. The van der Waals surface area contributed by atoms with E-state index in [2.05, 4.69) is 75.5 Å². The fourth-order valence-electron chi connectivity index (χ4n) is 4.85. The summed E-state index contributed by atoms with van der Waals surface area (Å²) in [4.78, 5) is 15.4. The minimum Gasteiger partial charge on any atom is -0.307 e. The third-order valence-corrected chi connectivity index (χ3v) is 6.30. The van der Waals surface area contributed by atoms with Crippen LogP contribution in [-0.2, 0) is 5.41 Å². The van der Waals surface area contributed by atoms with Crippen molar-refractivity contribution in [2.45, 2.75) is 45.1 Å². The number of hydrogen-bond acceptors (Lipinski definition) is 1. The molecule has 0 aliphatic carbocycles. The Morgan fingerprint density at radius 3 is 2.40 bits per heavy atom. The Labute approximate surface area is 183 Å². The predicted octanol–water partition coefficient (Wildman–Crippen LogP) is 7.18. The van der Waals surface area contributed by atoms with Crippen LogP contribution < -0.4 is 10.2 Å². The first-order valence-corrected chi connectivity index (χ1v) is 10.6. The second-order valence-corrected chi connectivity index (χ2v) is 9.42. The number of nitrogens with one attached hydrogen (secondary N) is 1. The molecule has 4 rings (SSSR count). The summed E-state index contributed by atoms with van der Waals surface area (Å²) >= 11 is 6.11. The number of rotatable bonds is 2. The molecule has 1 atom stereocenters. The van der Waals surface area contributed by atoms with Crippen molar-refractivity contribution in [3.63, 3.8) is 0 Å². The Morgan fingerprint density at radius 2 is 1.70 bits per heavy atom. The average molecular weight is 419 g/mol. The zero-order valence-electron chi connectivity index (χ0n) is 17.9. The number of amides is 2. The number of nitrogens with zero attached hydrogens (tertiary/aromatic N) is 1. The maximum Gasteiger partial charge on any atom is 0.326 e. The predicted molar refractivity (Wildman–Crippen MR) is 126 cm³/mol. The molecule has 3 nitrogen and oxygen atoms in total. The topological polar surface area (TPSA) is 32.3 Å². The summed E-state index contributed by atoms with van der Waals surface area (Å²) in [5, 5.41) is 3.63. The summed E-state index contributed by atoms with van der Waals surface area (Å²) in [6, 6.07) is 24.0. The van der Waals surface area contributed by atoms with Gasteiger partial charge in [0.15, 0.2) is 0 Å². The van der Waals surface area contributed by atoms with Crippen molar-refractivity contribution < 1.29 is 4.79 Å². The summed E-state index contributed by atoms with van der Waals surface area (Å²) in [5.41, 5.74) is 4.67. The van der Waals surface area contributed by atoms with Gasteiger partial charge in [-0.25, -0.2) is 4.79 Å². The molecule has 30 heavy (non-hydrogen) atoms. The molecule has 154 valence electrons. The molecule has 1 aliphatic rings. The first kappa shape index (κ1) is 20.5. The van der Waals surface area contributed by atoms with Gasteiger partial charge in [0.25, 0.3) is 0 Å². The molecule has 1 aliphatic heterocycles. The average Bonchev–Trinajstić information content (AvgIpc) is 2.68. The second-order valence-electron chi connectivity index (χ2n) is 8.98. The van der Waals surface area contributed by atoms with Gasteiger partial charge in [-0.05, 0) is 62.6 Å². The van der Waals surface area contributed by atoms with Crippen LogP contribution in [0.2, 0.25) is 5.02 Å². The summed E-state index contributed by atoms with van der Waals surface area (Å²) in [6.45, 7) is 8.65. The molecule has 0 spiro atoms. The number of anilines is 2. The van der Waals surface area contributed by atoms with Gasteiger partial charge in [-0.2, -0.15) is 0 Å². The molecule has 0 unspecified atom stereocenters. The van der Waals surface area contributed by atoms with Crippen molar-refractivity contribution >= 4 is 29.0 Å². The molecule has 0 radical (unpaired) electrons. The molecule has 0 fully saturated rings. The van der Waals surface area contributed by atoms with E-state index >= 15 is 0 Å². The molecule has 0 bridgehead atoms. The van der Waals surface area contributed by atoms with E-state index in [1.165, 1.54) is 16.7 Å². The lowest BCUT2D eigenvalue weighted by molar-refractivity contribution is 0.243. The van der Waals surface area contributed by atoms with Crippen LogP contribution in [0.1, 0.15) is 43.9 Å². The molecule has 0 saturated carbocycles. The monoisotopic (exact) mass is 418 g/mol. The maximum atomic E-state index is 13.5. The minimum atomic E-state index is -0.393. The Kier molecular flexibility index (Phi) is 5.11. The van der Waals surface area contributed by atoms with Gasteiger partial charge in [0.05, 0.1) is 5.69 Å². The van der Waals surface area contributed by atoms with Crippen LogP contribution >= 0.6 is 11.6 Å². The third-order valence-electron chi connectivity index (χ3n) is 6.07. The summed E-state index contributed by atoms with van der Waals surface area (Å²) in [7, 11) is 0. The van der Waals surface area contributed by atoms with Crippen LogP contribution in [0.4, 0.5) is 16.2 Å². The SMILES string of the molecule is Cc1ccc2c(c1)[C@@](C)(c1ccccc1)CC(C)(C)N2C(=O)Nc1cccc(Cl)c1. The Bertz CT molecular complexity index is 1090. The molecule has 0 saturated heterocycles. The molecule has 3 aromatic carbocycles. The number of fused-ring (bicyclic) bond motifs is 1. The fraction of sp³-hybridized carbons (Fsp3) is 0.269. The van der Waals surface area contributed by atoms with Crippen LogP contribution in [0.15, 0.2) is 72.8 Å². The number of halogens is 1. The van der Waals surface area contributed by atoms with E-state index in [4.69, 9.17) is 11.6 Å². The van der Waals surface area contributed by atoms with Crippen molar-refractivity contribution in [3.8, 4) is 0 Å². The van der Waals surface area contributed by atoms with Gasteiger partial charge in [-0.1, -0.05) is 72.6 Å². The van der Waals surface area contributed by atoms with E-state index < -0.39 is 5.54 Å². The van der Waals surface area contributed by atoms with E-state index in [1.807, 2.05) is 23.1 Å². The lowest BCUT2D eigenvalue weighted by Crippen LogP contribution is -2.57. The summed E-state index contributed by atoms with van der Waals surface area (Å²) in [5.74, 6) is 0. The van der Waals surface area contributed by atoms with Crippen molar-refractivity contribution in [2.24, 2.45) is 0 Å². The van der Waals surface area contributed by atoms with Crippen LogP contribution in [0.3, 0.4) is 0 Å². The Morgan fingerprint density at radius 1 is 0.967 bits per heavy atom. The molecule has 0 aromatic heterocycles. The van der Waals surface area contributed by atoms with E-state index in [-0.39, 0.29) is 11.4 Å². The highest BCUT2D eigenvalue weighted by Crippen LogP contribution is 2.50. The van der Waals surface area contributed by atoms with Crippen molar-refractivity contribution in [1.29, 1.82) is 0 Å². The third kappa shape index (κ3) is 3.59. The number of carbonyl (C=O) groups excluding carboxylic acids is 1. The van der Waals surface area contributed by atoms with E-state index in [1.54, 1.807) is 12.1 Å². The molecule has 2 amide bonds. The molecule has 1 N–H and O–H groups in total. The molecule has 4 heteroatoms. The van der Waals surface area contributed by atoms with Crippen LogP contribution in [-0.4, -0.2) is 11.6 Å². The highest BCUT2D eigenvalue weighted by atomic mass is 35.5. The Balaban J connectivity index is 1.82.